The molecule has 19 heteroatoms. The number of ether oxygens (including phenoxy) is 3. The lowest BCUT2D eigenvalue weighted by molar-refractivity contribution is -0.275. The Bertz CT molecular complexity index is 1980. The van der Waals surface area contributed by atoms with Crippen molar-refractivity contribution < 1.29 is 54.9 Å². The first-order chi connectivity index (χ1) is 25.1. The monoisotopic (exact) mass is 785 g/mol. The molecule has 1 aromatic heterocycles. The van der Waals surface area contributed by atoms with E-state index in [-0.39, 0.29) is 40.7 Å². The van der Waals surface area contributed by atoms with Crippen LogP contribution in [0.2, 0.25) is 0 Å². The number of pyridine rings is 1. The van der Waals surface area contributed by atoms with Gasteiger partial charge in [0.1, 0.15) is 22.0 Å². The maximum absolute atomic E-state index is 15.2. The fourth-order valence-electron chi connectivity index (χ4n) is 7.50. The smallest absolute Gasteiger partial charge is 0.497 e. The average Bonchev–Trinajstić information content (AvgIpc) is 3.38. The molecular formula is C34H36ClF4N5O8S. The molecule has 4 atom stereocenters. The van der Waals surface area contributed by atoms with Crippen LogP contribution < -0.4 is 18.5 Å². The molecule has 0 saturated carbocycles. The number of piperidine rings is 1. The number of nitrogens with zero attached hydrogens (tertiary/aromatic N) is 5. The number of methoxy groups -OCH3 is 1. The lowest BCUT2D eigenvalue weighted by atomic mass is 9.80. The van der Waals surface area contributed by atoms with Crippen LogP contribution in [0.25, 0.3) is 0 Å². The van der Waals surface area contributed by atoms with E-state index in [1.165, 1.54) is 6.20 Å². The third-order valence-electron chi connectivity index (χ3n) is 9.69. The predicted molar refractivity (Wildman–Crippen MR) is 182 cm³/mol. The Balaban J connectivity index is 1.58. The number of carbonyl (C=O) groups excluding carboxylic acids is 1. The van der Waals surface area contributed by atoms with Crippen LogP contribution in [0.3, 0.4) is 0 Å². The van der Waals surface area contributed by atoms with Gasteiger partial charge in [-0.1, -0.05) is 17.7 Å². The highest BCUT2D eigenvalue weighted by Gasteiger charge is 2.58. The molecule has 0 aliphatic carbocycles. The second-order valence-electron chi connectivity index (χ2n) is 12.8. The van der Waals surface area contributed by atoms with Crippen molar-refractivity contribution in [2.24, 2.45) is 0 Å². The summed E-state index contributed by atoms with van der Waals surface area (Å²) >= 11 is 6.88. The minimum Gasteiger partial charge on any atom is -0.497 e. The van der Waals surface area contributed by atoms with Crippen molar-refractivity contribution in [2.75, 3.05) is 44.7 Å². The van der Waals surface area contributed by atoms with Crippen molar-refractivity contribution in [3.8, 4) is 17.4 Å². The van der Waals surface area contributed by atoms with Crippen LogP contribution in [-0.2, 0) is 14.8 Å². The third kappa shape index (κ3) is 7.28. The van der Waals surface area contributed by atoms with E-state index in [4.69, 9.17) is 21.1 Å². The van der Waals surface area contributed by atoms with E-state index in [1.54, 1.807) is 19.1 Å². The van der Waals surface area contributed by atoms with Crippen molar-refractivity contribution in [2.45, 2.75) is 60.6 Å². The summed E-state index contributed by atoms with van der Waals surface area (Å²) in [6.07, 6.45) is -4.16. The zero-order valence-corrected chi connectivity index (χ0v) is 30.2. The fraction of sp³-hybridized carbons (Fsp3) is 0.441. The van der Waals surface area contributed by atoms with Crippen LogP contribution in [0, 0.1) is 5.82 Å². The number of amides is 2. The first kappa shape index (κ1) is 38.3. The number of alkyl halides is 4. The first-order valence-corrected chi connectivity index (χ1v) is 18.4. The first-order valence-electron chi connectivity index (χ1n) is 16.6. The van der Waals surface area contributed by atoms with E-state index in [2.05, 4.69) is 14.6 Å². The number of hydrogen-bond donors (Lipinski definition) is 1. The second-order valence-corrected chi connectivity index (χ2v) is 15.0. The van der Waals surface area contributed by atoms with Crippen LogP contribution in [0.4, 0.5) is 28.0 Å². The Morgan fingerprint density at radius 1 is 1.09 bits per heavy atom. The summed E-state index contributed by atoms with van der Waals surface area (Å²) in [7, 11) is -2.17. The predicted octanol–water partition coefficient (Wildman–Crippen LogP) is 5.41. The van der Waals surface area contributed by atoms with Crippen LogP contribution in [0.15, 0.2) is 59.6 Å². The van der Waals surface area contributed by atoms with Crippen LogP contribution in [0.5, 0.6) is 17.4 Å². The summed E-state index contributed by atoms with van der Waals surface area (Å²) in [5.74, 6) is -5.12. The van der Waals surface area contributed by atoms with Crippen LogP contribution in [0.1, 0.15) is 42.9 Å². The van der Waals surface area contributed by atoms with Crippen molar-refractivity contribution in [3.05, 3.63) is 71.7 Å². The number of carbonyl (C=O) groups is 2. The highest BCUT2D eigenvalue weighted by atomic mass is 35.5. The van der Waals surface area contributed by atoms with Gasteiger partial charge in [-0.3, -0.25) is 14.6 Å². The van der Waals surface area contributed by atoms with Gasteiger partial charge in [0.15, 0.2) is 5.75 Å². The molecule has 4 heterocycles. The van der Waals surface area contributed by atoms with Gasteiger partial charge in [-0.05, 0) is 81.9 Å². The lowest BCUT2D eigenvalue weighted by Gasteiger charge is -2.53. The van der Waals surface area contributed by atoms with Crippen molar-refractivity contribution in [1.29, 1.82) is 0 Å². The van der Waals surface area contributed by atoms with E-state index in [0.29, 0.717) is 37.6 Å². The summed E-state index contributed by atoms with van der Waals surface area (Å²) in [6.45, 7) is 3.26. The van der Waals surface area contributed by atoms with Gasteiger partial charge in [0.05, 0.1) is 37.4 Å². The van der Waals surface area contributed by atoms with Gasteiger partial charge in [-0.25, -0.2) is 26.9 Å². The largest absolute Gasteiger partial charge is 0.573 e. The Labute approximate surface area is 307 Å². The third-order valence-corrected chi connectivity index (χ3v) is 11.8. The number of piperazine rings is 1. The summed E-state index contributed by atoms with van der Waals surface area (Å²) in [4.78, 5) is 36.4. The van der Waals surface area contributed by atoms with E-state index in [0.717, 1.165) is 42.3 Å². The molecule has 286 valence electrons. The molecule has 2 aromatic carbocycles. The topological polar surface area (TPSA) is 142 Å². The van der Waals surface area contributed by atoms with Crippen molar-refractivity contribution >= 4 is 39.3 Å². The summed E-state index contributed by atoms with van der Waals surface area (Å²) in [5, 5.41) is 10.7. The minimum atomic E-state index is -5.35. The van der Waals surface area contributed by atoms with Crippen molar-refractivity contribution in [3.63, 3.8) is 0 Å². The fourth-order valence-corrected chi connectivity index (χ4v) is 9.44. The van der Waals surface area contributed by atoms with Crippen LogP contribution in [-0.4, -0.2) is 110 Å². The number of fused-ring (bicyclic) bond motifs is 1. The lowest BCUT2D eigenvalue weighted by Crippen LogP contribution is -2.65. The van der Waals surface area contributed by atoms with Gasteiger partial charge in [-0.15, -0.1) is 13.2 Å². The number of aromatic nitrogens is 1. The van der Waals surface area contributed by atoms with E-state index < -0.39 is 74.0 Å². The normalized spacial score (nSPS) is 23.2. The zero-order valence-electron chi connectivity index (χ0n) is 28.7. The molecule has 3 aliphatic heterocycles. The highest BCUT2D eigenvalue weighted by molar-refractivity contribution is 7.93. The molecule has 53 heavy (non-hydrogen) atoms. The van der Waals surface area contributed by atoms with Crippen LogP contribution >= 0.6 is 11.6 Å². The van der Waals surface area contributed by atoms with Gasteiger partial charge in [0.25, 0.3) is 15.9 Å². The number of rotatable bonds is 9. The molecule has 2 saturated heterocycles. The number of hydrogen-bond acceptors (Lipinski definition) is 10. The zero-order chi connectivity index (χ0) is 38.4. The van der Waals surface area contributed by atoms with Gasteiger partial charge >= 0.3 is 12.5 Å². The van der Waals surface area contributed by atoms with E-state index in [9.17, 15) is 36.3 Å². The Kier molecular flexibility index (Phi) is 10.7. The molecule has 1 N–H and O–H groups in total. The van der Waals surface area contributed by atoms with Gasteiger partial charge in [0, 0.05) is 30.4 Å². The summed E-state index contributed by atoms with van der Waals surface area (Å²) in [6, 6.07) is 5.83. The molecule has 2 fully saturated rings. The van der Waals surface area contributed by atoms with E-state index in [1.807, 2.05) is 11.9 Å². The maximum Gasteiger partial charge on any atom is 0.573 e. The van der Waals surface area contributed by atoms with Gasteiger partial charge < -0.3 is 24.2 Å². The molecule has 6 rings (SSSR count). The van der Waals surface area contributed by atoms with Gasteiger partial charge in [-0.2, -0.15) is 0 Å². The second kappa shape index (κ2) is 14.8. The van der Waals surface area contributed by atoms with E-state index >= 15 is 4.39 Å². The number of carboxylic acid groups (broad SMARTS) is 1. The molecule has 0 bridgehead atoms. The molecule has 2 amide bonds. The quantitative estimate of drug-likeness (QED) is 0.169. The number of likely N-dealkylation sites (tertiary alicyclic amines) is 1. The minimum absolute atomic E-state index is 0.00716. The molecule has 13 nitrogen and oxygen atoms in total. The Hall–Kier alpha value is -4.39. The average molecular weight is 786 g/mol. The molecule has 3 aliphatic rings. The number of halogens is 5. The standard InChI is InChI=1S/C34H36ClF4N5O8S/c1-4-51-31-22(6-5-13-40-31)29-30(43(33(46)47)27(35)18-42(29)20-11-14-41(2)15-12-20)28-23-16-19(36)7-9-24(23)44(32(28)45)53(48,49)26-10-8-21(50-3)17-25(26)52-34(37,38)39/h5-10,13,16-17,20,27-30H,4,11-12,14-15,18H2,1-3H3,(H,46,47). The summed E-state index contributed by atoms with van der Waals surface area (Å²) in [5.41, 5.74) is -1.51. The number of sulfonamides is 1. The SMILES string of the molecule is CCOc1ncccc1C1C(C2C(=O)N(S(=O)(=O)c3ccc(OC)cc3OC(F)(F)F)c3ccc(F)cc32)N(C(=O)O)C(Cl)CN1C1CCN(C)CC1. The highest BCUT2D eigenvalue weighted by Crippen LogP contribution is 2.52. The molecule has 3 aromatic rings. The molecular weight excluding hydrogens is 750 g/mol. The summed E-state index contributed by atoms with van der Waals surface area (Å²) < 4.78 is 100. The Morgan fingerprint density at radius 3 is 2.45 bits per heavy atom. The maximum atomic E-state index is 15.2. The van der Waals surface area contributed by atoms with Gasteiger partial charge in [0.2, 0.25) is 5.88 Å². The number of benzene rings is 2. The molecule has 4 unspecified atom stereocenters. The Morgan fingerprint density at radius 2 is 1.81 bits per heavy atom. The molecule has 0 radical (unpaired) electrons. The van der Waals surface area contributed by atoms with Crippen molar-refractivity contribution in [1.82, 2.24) is 19.7 Å². The molecule has 0 spiro atoms. The number of anilines is 1.